The Kier molecular flexibility index (Phi) is 4.79. The second-order valence-corrected chi connectivity index (χ2v) is 9.83. The monoisotopic (exact) mass is 437 g/mol. The summed E-state index contributed by atoms with van der Waals surface area (Å²) in [6, 6.07) is 20.0. The van der Waals surface area contributed by atoms with E-state index in [1.807, 2.05) is 74.1 Å². The molecule has 0 saturated carbocycles. The fourth-order valence-electron chi connectivity index (χ4n) is 5.89. The molecule has 166 valence electrons. The van der Waals surface area contributed by atoms with Gasteiger partial charge in [0.05, 0.1) is 17.0 Å². The Labute approximate surface area is 194 Å². The number of ether oxygens (including phenoxy) is 1. The van der Waals surface area contributed by atoms with Gasteiger partial charge in [0.15, 0.2) is 5.78 Å². The molecule has 0 bridgehead atoms. The summed E-state index contributed by atoms with van der Waals surface area (Å²) in [5.41, 5.74) is 3.53. The molecule has 0 amide bonds. The molecule has 5 nitrogen and oxygen atoms in total. The minimum Gasteiger partial charge on any atom is -0.457 e. The molecule has 1 unspecified atom stereocenters. The standard InChI is InChI=1S/C28H27N3O2/c1-27(2)23-15-14-22-24(18-10-12-21(13-11-18)33-20-8-6-5-7-9-20)31(4)30-25(22)28(23,3)16-19(17-29)26(27)32/h5-13,16,23H,14-15H2,1-4H3/t23?,28-/m0/s1. The zero-order chi connectivity index (χ0) is 23.4. The summed E-state index contributed by atoms with van der Waals surface area (Å²) in [5, 5.41) is 14.6. The molecule has 33 heavy (non-hydrogen) atoms. The van der Waals surface area contributed by atoms with E-state index in [2.05, 4.69) is 25.1 Å². The summed E-state index contributed by atoms with van der Waals surface area (Å²) < 4.78 is 7.88. The normalized spacial score (nSPS) is 23.2. The number of hydrogen-bond acceptors (Lipinski definition) is 4. The van der Waals surface area contributed by atoms with Crippen LogP contribution < -0.4 is 4.74 Å². The molecule has 1 heterocycles. The summed E-state index contributed by atoms with van der Waals surface area (Å²) in [7, 11) is 1.97. The molecule has 2 aliphatic carbocycles. The van der Waals surface area contributed by atoms with E-state index in [1.165, 1.54) is 5.56 Å². The number of hydrogen-bond donors (Lipinski definition) is 0. The number of para-hydroxylation sites is 1. The lowest BCUT2D eigenvalue weighted by Gasteiger charge is -2.49. The largest absolute Gasteiger partial charge is 0.457 e. The average Bonchev–Trinajstić information content (AvgIpc) is 3.15. The lowest BCUT2D eigenvalue weighted by Crippen LogP contribution is -2.51. The topological polar surface area (TPSA) is 67.9 Å². The number of aromatic nitrogens is 2. The predicted molar refractivity (Wildman–Crippen MR) is 127 cm³/mol. The van der Waals surface area contributed by atoms with Gasteiger partial charge in [0.2, 0.25) is 0 Å². The van der Waals surface area contributed by atoms with E-state index in [-0.39, 0.29) is 17.3 Å². The fourth-order valence-corrected chi connectivity index (χ4v) is 5.89. The van der Waals surface area contributed by atoms with Crippen molar-refractivity contribution < 1.29 is 9.53 Å². The first-order chi connectivity index (χ1) is 15.8. The van der Waals surface area contributed by atoms with Crippen LogP contribution in [0.25, 0.3) is 11.3 Å². The van der Waals surface area contributed by atoms with E-state index in [0.29, 0.717) is 0 Å². The van der Waals surface area contributed by atoms with Gasteiger partial charge in [-0.2, -0.15) is 10.4 Å². The van der Waals surface area contributed by atoms with E-state index in [9.17, 15) is 10.1 Å². The van der Waals surface area contributed by atoms with Crippen LogP contribution in [0.2, 0.25) is 0 Å². The number of nitrogens with zero attached hydrogens (tertiary/aromatic N) is 3. The van der Waals surface area contributed by atoms with Crippen LogP contribution in [0.3, 0.4) is 0 Å². The molecule has 5 rings (SSSR count). The van der Waals surface area contributed by atoms with E-state index >= 15 is 0 Å². The number of aryl methyl sites for hydroxylation is 1. The van der Waals surface area contributed by atoms with Crippen molar-refractivity contribution in [2.24, 2.45) is 18.4 Å². The van der Waals surface area contributed by atoms with Crippen molar-refractivity contribution in [3.63, 3.8) is 0 Å². The molecule has 5 heteroatoms. The van der Waals surface area contributed by atoms with Crippen molar-refractivity contribution in [2.45, 2.75) is 39.0 Å². The molecule has 2 aliphatic rings. The highest BCUT2D eigenvalue weighted by Crippen LogP contribution is 2.55. The highest BCUT2D eigenvalue weighted by Gasteiger charge is 2.55. The second-order valence-electron chi connectivity index (χ2n) is 9.83. The third-order valence-corrected chi connectivity index (χ3v) is 7.43. The number of nitriles is 1. The Morgan fingerprint density at radius 3 is 2.39 bits per heavy atom. The van der Waals surface area contributed by atoms with Crippen LogP contribution in [-0.2, 0) is 23.7 Å². The fraction of sp³-hybridized carbons (Fsp3) is 0.321. The number of benzene rings is 2. The number of allylic oxidation sites excluding steroid dienone is 2. The van der Waals surface area contributed by atoms with Crippen LogP contribution >= 0.6 is 0 Å². The van der Waals surface area contributed by atoms with Gasteiger partial charge in [0.25, 0.3) is 0 Å². The molecule has 0 saturated heterocycles. The van der Waals surface area contributed by atoms with Crippen LogP contribution in [-0.4, -0.2) is 15.6 Å². The van der Waals surface area contributed by atoms with Gasteiger partial charge in [-0.25, -0.2) is 0 Å². The third-order valence-electron chi connectivity index (χ3n) is 7.43. The van der Waals surface area contributed by atoms with Gasteiger partial charge in [-0.05, 0) is 55.2 Å². The summed E-state index contributed by atoms with van der Waals surface area (Å²) >= 11 is 0. The Morgan fingerprint density at radius 2 is 1.73 bits per heavy atom. The smallest absolute Gasteiger partial charge is 0.178 e. The molecule has 2 aromatic carbocycles. The molecule has 0 spiro atoms. The van der Waals surface area contributed by atoms with Gasteiger partial charge in [-0.1, -0.05) is 45.0 Å². The molecule has 1 aromatic heterocycles. The summed E-state index contributed by atoms with van der Waals surface area (Å²) in [4.78, 5) is 12.9. The summed E-state index contributed by atoms with van der Waals surface area (Å²) in [6.45, 7) is 6.08. The summed E-state index contributed by atoms with van der Waals surface area (Å²) in [6.07, 6.45) is 3.61. The van der Waals surface area contributed by atoms with Crippen LogP contribution in [0.1, 0.15) is 38.4 Å². The maximum absolute atomic E-state index is 12.9. The van der Waals surface area contributed by atoms with Crippen molar-refractivity contribution in [3.05, 3.63) is 77.5 Å². The lowest BCUT2D eigenvalue weighted by atomic mass is 9.52. The third kappa shape index (κ3) is 3.21. The number of ketones is 1. The van der Waals surface area contributed by atoms with Crippen LogP contribution in [0, 0.1) is 22.7 Å². The second kappa shape index (κ2) is 7.45. The molecule has 0 N–H and O–H groups in total. The van der Waals surface area contributed by atoms with Gasteiger partial charge in [0.1, 0.15) is 17.6 Å². The Balaban J connectivity index is 1.55. The first kappa shape index (κ1) is 21.2. The van der Waals surface area contributed by atoms with Gasteiger partial charge in [-0.15, -0.1) is 0 Å². The molecule has 0 radical (unpaired) electrons. The van der Waals surface area contributed by atoms with Gasteiger partial charge >= 0.3 is 0 Å². The predicted octanol–water partition coefficient (Wildman–Crippen LogP) is 5.76. The van der Waals surface area contributed by atoms with Gasteiger partial charge in [0, 0.05) is 29.0 Å². The maximum atomic E-state index is 12.9. The van der Waals surface area contributed by atoms with Crippen LogP contribution in [0.5, 0.6) is 11.5 Å². The van der Waals surface area contributed by atoms with Crippen molar-refractivity contribution in [2.75, 3.05) is 0 Å². The van der Waals surface area contributed by atoms with Gasteiger partial charge < -0.3 is 4.74 Å². The van der Waals surface area contributed by atoms with Crippen molar-refractivity contribution in [3.8, 4) is 28.8 Å². The summed E-state index contributed by atoms with van der Waals surface area (Å²) in [5.74, 6) is 1.63. The zero-order valence-corrected chi connectivity index (χ0v) is 19.4. The maximum Gasteiger partial charge on any atom is 0.178 e. The SMILES string of the molecule is Cn1nc2c(c1-c1ccc(Oc3ccccc3)cc1)CCC1C(C)(C)C(=O)C(C#N)=C[C@]21C. The first-order valence-electron chi connectivity index (χ1n) is 11.3. The minimum atomic E-state index is -0.597. The molecule has 2 atom stereocenters. The van der Waals surface area contributed by atoms with Crippen LogP contribution in [0.4, 0.5) is 0 Å². The molecule has 0 aliphatic heterocycles. The van der Waals surface area contributed by atoms with Crippen molar-refractivity contribution in [1.82, 2.24) is 9.78 Å². The Morgan fingerprint density at radius 1 is 1.06 bits per heavy atom. The molecular formula is C28H27N3O2. The molecule has 0 fully saturated rings. The Hall–Kier alpha value is -3.65. The minimum absolute atomic E-state index is 0.0546. The molecule has 3 aromatic rings. The molecular weight excluding hydrogens is 410 g/mol. The first-order valence-corrected chi connectivity index (χ1v) is 11.3. The number of rotatable bonds is 3. The van der Waals surface area contributed by atoms with E-state index in [0.717, 1.165) is 41.3 Å². The van der Waals surface area contributed by atoms with E-state index in [4.69, 9.17) is 9.84 Å². The van der Waals surface area contributed by atoms with Gasteiger partial charge in [-0.3, -0.25) is 9.48 Å². The number of carbonyl (C=O) groups excluding carboxylic acids is 1. The van der Waals surface area contributed by atoms with Crippen molar-refractivity contribution >= 4 is 5.78 Å². The zero-order valence-electron chi connectivity index (χ0n) is 19.4. The van der Waals surface area contributed by atoms with E-state index < -0.39 is 10.8 Å². The number of carbonyl (C=O) groups is 1. The van der Waals surface area contributed by atoms with Crippen molar-refractivity contribution in [1.29, 1.82) is 5.26 Å². The highest BCUT2D eigenvalue weighted by molar-refractivity contribution is 6.04. The van der Waals surface area contributed by atoms with Crippen LogP contribution in [0.15, 0.2) is 66.2 Å². The average molecular weight is 438 g/mol. The number of Topliss-reactive ketones (excluding diaryl/α,β-unsaturated/α-hetero) is 1. The van der Waals surface area contributed by atoms with E-state index in [1.54, 1.807) is 0 Å². The Bertz CT molecular complexity index is 1310. The number of fused-ring (bicyclic) bond motifs is 3. The highest BCUT2D eigenvalue weighted by atomic mass is 16.5. The quantitative estimate of drug-likeness (QED) is 0.523. The lowest BCUT2D eigenvalue weighted by molar-refractivity contribution is -0.128.